The fourth-order valence-corrected chi connectivity index (χ4v) is 5.10. The molecule has 3 atom stereocenters. The van der Waals surface area contributed by atoms with Crippen LogP contribution in [0.1, 0.15) is 47.2 Å². The molecule has 1 aliphatic heterocycles. The Morgan fingerprint density at radius 2 is 1.94 bits per heavy atom. The zero-order chi connectivity index (χ0) is 23.2. The van der Waals surface area contributed by atoms with Crippen LogP contribution >= 0.6 is 0 Å². The van der Waals surface area contributed by atoms with Crippen LogP contribution in [0.25, 0.3) is 0 Å². The fourth-order valence-electron chi connectivity index (χ4n) is 5.10. The third kappa shape index (κ3) is 5.47. The molecule has 1 saturated heterocycles. The maximum Gasteiger partial charge on any atom is 0.251 e. The van der Waals surface area contributed by atoms with Crippen LogP contribution in [0.4, 0.5) is 0 Å². The van der Waals surface area contributed by atoms with Crippen LogP contribution in [0.15, 0.2) is 42.5 Å². The van der Waals surface area contributed by atoms with Crippen molar-refractivity contribution in [2.75, 3.05) is 20.8 Å². The second-order valence-corrected chi connectivity index (χ2v) is 8.88. The highest BCUT2D eigenvalue weighted by Crippen LogP contribution is 2.35. The number of amides is 2. The third-order valence-electron chi connectivity index (χ3n) is 6.87. The third-order valence-corrected chi connectivity index (χ3v) is 6.87. The maximum absolute atomic E-state index is 12.8. The minimum absolute atomic E-state index is 0.0928. The monoisotopic (exact) mass is 451 g/mol. The van der Waals surface area contributed by atoms with Crippen molar-refractivity contribution in [2.45, 2.75) is 44.6 Å². The molecule has 176 valence electrons. The minimum Gasteiger partial charge on any atom is -0.497 e. The van der Waals surface area contributed by atoms with E-state index in [1.807, 2.05) is 36.4 Å². The smallest absolute Gasteiger partial charge is 0.251 e. The van der Waals surface area contributed by atoms with Crippen molar-refractivity contribution in [2.24, 2.45) is 11.8 Å². The van der Waals surface area contributed by atoms with Gasteiger partial charge in [0.25, 0.3) is 5.91 Å². The van der Waals surface area contributed by atoms with Gasteiger partial charge in [0, 0.05) is 30.1 Å². The molecule has 2 fully saturated rings. The zero-order valence-corrected chi connectivity index (χ0v) is 19.4. The van der Waals surface area contributed by atoms with Gasteiger partial charge < -0.3 is 14.8 Å². The molecule has 7 nitrogen and oxygen atoms in total. The first-order valence-corrected chi connectivity index (χ1v) is 11.7. The molecule has 4 rings (SSSR count). The molecule has 2 aliphatic rings. The molecule has 2 amide bonds. The molecular weight excluding hydrogens is 418 g/mol. The van der Waals surface area contributed by atoms with Gasteiger partial charge in [-0.05, 0) is 60.9 Å². The van der Waals surface area contributed by atoms with E-state index in [2.05, 4.69) is 22.2 Å². The molecule has 0 bridgehead atoms. The number of benzene rings is 2. The summed E-state index contributed by atoms with van der Waals surface area (Å²) in [6.07, 6.45) is 5.78. The predicted octanol–water partition coefficient (Wildman–Crippen LogP) is 3.03. The molecule has 0 spiro atoms. The number of nitrogens with one attached hydrogen (secondary N) is 3. The molecule has 3 unspecified atom stereocenters. The first kappa shape index (κ1) is 23.1. The molecule has 0 radical (unpaired) electrons. The highest BCUT2D eigenvalue weighted by Gasteiger charge is 2.39. The number of rotatable bonds is 8. The maximum atomic E-state index is 12.8. The van der Waals surface area contributed by atoms with Crippen LogP contribution in [0, 0.1) is 11.8 Å². The lowest BCUT2D eigenvalue weighted by Gasteiger charge is -2.41. The van der Waals surface area contributed by atoms with E-state index in [1.54, 1.807) is 14.2 Å². The van der Waals surface area contributed by atoms with E-state index in [1.165, 1.54) is 6.42 Å². The van der Waals surface area contributed by atoms with E-state index in [-0.39, 0.29) is 23.8 Å². The van der Waals surface area contributed by atoms with Crippen molar-refractivity contribution >= 4 is 11.8 Å². The summed E-state index contributed by atoms with van der Waals surface area (Å²) in [6.45, 7) is 0.506. The summed E-state index contributed by atoms with van der Waals surface area (Å²) in [6, 6.07) is 13.7. The SMILES string of the molecule is COc1ccc(CCNC(=O)c2cccc(CC3NNC(=O)C4CCCCC34)c2)c(OC)c1. The standard InChI is InChI=1S/C26H33N3O4/c1-32-20-11-10-18(24(16-20)33-2)12-13-27-25(30)19-7-5-6-17(14-19)15-23-21-8-3-4-9-22(21)26(31)29-28-23/h5-7,10-11,14,16,21-23,28H,3-4,8-9,12-13,15H2,1-2H3,(H,27,30)(H,29,31). The minimum atomic E-state index is -0.0928. The van der Waals surface area contributed by atoms with Crippen LogP contribution in [-0.2, 0) is 17.6 Å². The lowest BCUT2D eigenvalue weighted by atomic mass is 9.72. The number of hydrogen-bond acceptors (Lipinski definition) is 5. The van der Waals surface area contributed by atoms with Gasteiger partial charge in [0.1, 0.15) is 11.5 Å². The summed E-state index contributed by atoms with van der Waals surface area (Å²) in [5.41, 5.74) is 8.83. The van der Waals surface area contributed by atoms with Gasteiger partial charge in [-0.1, -0.05) is 31.0 Å². The first-order chi connectivity index (χ1) is 16.1. The summed E-state index contributed by atoms with van der Waals surface area (Å²) in [5.74, 6) is 1.97. The number of hydrogen-bond donors (Lipinski definition) is 3. The van der Waals surface area contributed by atoms with Crippen molar-refractivity contribution in [3.8, 4) is 11.5 Å². The number of carbonyl (C=O) groups is 2. The van der Waals surface area contributed by atoms with Crippen molar-refractivity contribution in [3.63, 3.8) is 0 Å². The Kier molecular flexibility index (Phi) is 7.50. The average Bonchev–Trinajstić information content (AvgIpc) is 2.86. The van der Waals surface area contributed by atoms with Crippen LogP contribution in [0.5, 0.6) is 11.5 Å². The first-order valence-electron chi connectivity index (χ1n) is 11.7. The van der Waals surface area contributed by atoms with Gasteiger partial charge in [-0.3, -0.25) is 15.0 Å². The van der Waals surface area contributed by atoms with Gasteiger partial charge in [-0.25, -0.2) is 5.43 Å². The Bertz CT molecular complexity index is 993. The summed E-state index contributed by atoms with van der Waals surface area (Å²) in [4.78, 5) is 25.0. The van der Waals surface area contributed by atoms with Crippen LogP contribution in [-0.4, -0.2) is 38.6 Å². The van der Waals surface area contributed by atoms with Gasteiger partial charge in [-0.2, -0.15) is 0 Å². The van der Waals surface area contributed by atoms with Gasteiger partial charge >= 0.3 is 0 Å². The van der Waals surface area contributed by atoms with E-state index in [0.717, 1.165) is 48.3 Å². The predicted molar refractivity (Wildman–Crippen MR) is 126 cm³/mol. The largest absolute Gasteiger partial charge is 0.497 e. The molecule has 1 aliphatic carbocycles. The number of hydrazine groups is 1. The Morgan fingerprint density at radius 3 is 2.76 bits per heavy atom. The van der Waals surface area contributed by atoms with E-state index in [0.29, 0.717) is 24.4 Å². The second kappa shape index (κ2) is 10.7. The topological polar surface area (TPSA) is 88.7 Å². The van der Waals surface area contributed by atoms with Crippen molar-refractivity contribution in [3.05, 3.63) is 59.2 Å². The second-order valence-electron chi connectivity index (χ2n) is 8.88. The van der Waals surface area contributed by atoms with Gasteiger partial charge in [0.15, 0.2) is 0 Å². The summed E-state index contributed by atoms with van der Waals surface area (Å²) in [7, 11) is 3.25. The normalized spacial score (nSPS) is 22.1. The van der Waals surface area contributed by atoms with E-state index in [9.17, 15) is 9.59 Å². The molecule has 1 heterocycles. The molecule has 2 aromatic rings. The Balaban J connectivity index is 1.35. The number of fused-ring (bicyclic) bond motifs is 1. The van der Waals surface area contributed by atoms with Crippen LogP contribution in [0.2, 0.25) is 0 Å². The molecule has 33 heavy (non-hydrogen) atoms. The quantitative estimate of drug-likeness (QED) is 0.574. The fraction of sp³-hybridized carbons (Fsp3) is 0.462. The Morgan fingerprint density at radius 1 is 1.09 bits per heavy atom. The molecule has 1 saturated carbocycles. The lowest BCUT2D eigenvalue weighted by Crippen LogP contribution is -2.60. The van der Waals surface area contributed by atoms with Gasteiger partial charge in [0.05, 0.1) is 14.2 Å². The number of methoxy groups -OCH3 is 2. The zero-order valence-electron chi connectivity index (χ0n) is 19.4. The van der Waals surface area contributed by atoms with Crippen molar-refractivity contribution in [1.82, 2.24) is 16.2 Å². The van der Waals surface area contributed by atoms with Crippen LogP contribution in [0.3, 0.4) is 0 Å². The van der Waals surface area contributed by atoms with Crippen molar-refractivity contribution < 1.29 is 19.1 Å². The number of carbonyl (C=O) groups excluding carboxylic acids is 2. The summed E-state index contributed by atoms with van der Waals surface area (Å²) < 4.78 is 10.7. The highest BCUT2D eigenvalue weighted by molar-refractivity contribution is 5.94. The van der Waals surface area contributed by atoms with Gasteiger partial charge in [0.2, 0.25) is 5.91 Å². The Labute approximate surface area is 195 Å². The molecule has 2 aromatic carbocycles. The molecule has 3 N–H and O–H groups in total. The summed E-state index contributed by atoms with van der Waals surface area (Å²) >= 11 is 0. The average molecular weight is 452 g/mol. The van der Waals surface area contributed by atoms with Crippen LogP contribution < -0.4 is 25.6 Å². The van der Waals surface area contributed by atoms with Crippen molar-refractivity contribution in [1.29, 1.82) is 0 Å². The van der Waals surface area contributed by atoms with E-state index >= 15 is 0 Å². The lowest BCUT2D eigenvalue weighted by molar-refractivity contribution is -0.133. The van der Waals surface area contributed by atoms with E-state index < -0.39 is 0 Å². The highest BCUT2D eigenvalue weighted by atomic mass is 16.5. The van der Waals surface area contributed by atoms with E-state index in [4.69, 9.17) is 9.47 Å². The number of ether oxygens (including phenoxy) is 2. The Hall–Kier alpha value is -3.06. The molecule has 7 heteroatoms. The summed E-state index contributed by atoms with van der Waals surface area (Å²) in [5, 5.41) is 3.01. The molecule has 0 aromatic heterocycles. The van der Waals surface area contributed by atoms with Gasteiger partial charge in [-0.15, -0.1) is 0 Å². The molecular formula is C26H33N3O4.